The average molecular weight is 429 g/mol. The second-order valence-corrected chi connectivity index (χ2v) is 10.8. The van der Waals surface area contributed by atoms with E-state index in [1.807, 2.05) is 0 Å². The first-order valence-electron chi connectivity index (χ1n) is 12.5. The van der Waals surface area contributed by atoms with E-state index in [0.29, 0.717) is 6.42 Å². The second kappa shape index (κ2) is 16.1. The van der Waals surface area contributed by atoms with Crippen LogP contribution in [0.4, 0.5) is 0 Å². The van der Waals surface area contributed by atoms with Crippen molar-refractivity contribution in [2.45, 2.75) is 162 Å². The Bertz CT molecular complexity index is 420. The first-order chi connectivity index (χ1) is 13.9. The van der Waals surface area contributed by atoms with Crippen LogP contribution in [0.25, 0.3) is 0 Å². The molecule has 0 aliphatic heterocycles. The quantitative estimate of drug-likeness (QED) is 0.225. The van der Waals surface area contributed by atoms with E-state index in [-0.39, 0.29) is 29.8 Å². The fraction of sp³-hybridized carbons (Fsp3) is 0.962. The van der Waals surface area contributed by atoms with Gasteiger partial charge in [-0.3, -0.25) is 4.79 Å². The van der Waals surface area contributed by atoms with Gasteiger partial charge in [0.1, 0.15) is 0 Å². The number of rotatable bonds is 18. The van der Waals surface area contributed by atoms with Crippen LogP contribution in [0, 0.1) is 0 Å². The van der Waals surface area contributed by atoms with Gasteiger partial charge < -0.3 is 14.6 Å². The van der Waals surface area contributed by atoms with Crippen molar-refractivity contribution in [1.82, 2.24) is 0 Å². The molecule has 4 nitrogen and oxygen atoms in total. The number of carboxylic acids is 1. The molecule has 30 heavy (non-hydrogen) atoms. The third-order valence-electron chi connectivity index (χ3n) is 5.15. The Balaban J connectivity index is 4.64. The predicted molar refractivity (Wildman–Crippen MR) is 127 cm³/mol. The Labute approximate surface area is 187 Å². The van der Waals surface area contributed by atoms with Gasteiger partial charge in [0, 0.05) is 6.42 Å². The summed E-state index contributed by atoms with van der Waals surface area (Å²) in [6.07, 6.45) is 15.5. The van der Waals surface area contributed by atoms with E-state index < -0.39 is 5.97 Å². The fourth-order valence-electron chi connectivity index (χ4n) is 3.83. The predicted octanol–water partition coefficient (Wildman–Crippen LogP) is 7.92. The van der Waals surface area contributed by atoms with Crippen molar-refractivity contribution in [3.8, 4) is 0 Å². The molecule has 1 N–H and O–H groups in total. The molecule has 0 aromatic heterocycles. The molecule has 4 heteroatoms. The highest BCUT2D eigenvalue weighted by molar-refractivity contribution is 5.66. The molecule has 0 spiro atoms. The number of aliphatic carboxylic acids is 1. The van der Waals surface area contributed by atoms with E-state index >= 15 is 0 Å². The minimum atomic E-state index is -0.722. The number of ether oxygens (including phenoxy) is 2. The van der Waals surface area contributed by atoms with Crippen molar-refractivity contribution < 1.29 is 19.4 Å². The first kappa shape index (κ1) is 29.4. The van der Waals surface area contributed by atoms with Crippen LogP contribution in [0.5, 0.6) is 0 Å². The first-order valence-corrected chi connectivity index (χ1v) is 12.5. The number of carboxylic acid groups (broad SMARTS) is 1. The number of hydrogen-bond acceptors (Lipinski definition) is 3. The highest BCUT2D eigenvalue weighted by Crippen LogP contribution is 2.27. The molecular weight excluding hydrogens is 376 g/mol. The van der Waals surface area contributed by atoms with E-state index in [9.17, 15) is 4.79 Å². The maximum atomic E-state index is 10.8. The molecular formula is C26H52O4. The van der Waals surface area contributed by atoms with Crippen molar-refractivity contribution in [3.63, 3.8) is 0 Å². The number of hydrogen-bond donors (Lipinski definition) is 1. The van der Waals surface area contributed by atoms with Crippen LogP contribution in [0.15, 0.2) is 0 Å². The zero-order valence-corrected chi connectivity index (χ0v) is 21.2. The normalized spacial score (nSPS) is 14.6. The maximum absolute atomic E-state index is 10.8. The van der Waals surface area contributed by atoms with Crippen molar-refractivity contribution in [1.29, 1.82) is 0 Å². The fourth-order valence-corrected chi connectivity index (χ4v) is 3.83. The third kappa shape index (κ3) is 19.4. The van der Waals surface area contributed by atoms with Crippen LogP contribution in [0.3, 0.4) is 0 Å². The summed E-state index contributed by atoms with van der Waals surface area (Å²) in [7, 11) is 0. The molecule has 0 aromatic rings. The zero-order valence-electron chi connectivity index (χ0n) is 21.2. The Hall–Kier alpha value is -0.610. The smallest absolute Gasteiger partial charge is 0.303 e. The van der Waals surface area contributed by atoms with Gasteiger partial charge >= 0.3 is 5.97 Å². The topological polar surface area (TPSA) is 55.8 Å². The lowest BCUT2D eigenvalue weighted by atomic mass is 9.97. The average Bonchev–Trinajstić information content (AvgIpc) is 2.59. The minimum absolute atomic E-state index is 0.00654. The molecule has 0 aliphatic carbocycles. The highest BCUT2D eigenvalue weighted by Gasteiger charge is 2.30. The number of carbonyl (C=O) groups is 1. The SMILES string of the molecule is CCCCCCCCCCCC(OC(C)(C)C)C(CCCCC(=O)O)OC(C)(C)C. The standard InChI is InChI=1S/C26H52O4/c1-8-9-10-11-12-13-14-15-16-19-22(29-25(2,3)4)23(30-26(5,6)7)20-17-18-21-24(27)28/h22-23H,8-21H2,1-7H3,(H,27,28). The summed E-state index contributed by atoms with van der Waals surface area (Å²) in [4.78, 5) is 10.8. The van der Waals surface area contributed by atoms with Crippen LogP contribution >= 0.6 is 0 Å². The molecule has 2 unspecified atom stereocenters. The van der Waals surface area contributed by atoms with Crippen LogP contribution in [-0.4, -0.2) is 34.5 Å². The summed E-state index contributed by atoms with van der Waals surface area (Å²) >= 11 is 0. The summed E-state index contributed by atoms with van der Waals surface area (Å²) in [6.45, 7) is 14.8. The van der Waals surface area contributed by atoms with Crippen LogP contribution in [0.1, 0.15) is 138 Å². The zero-order chi connectivity index (χ0) is 23.0. The third-order valence-corrected chi connectivity index (χ3v) is 5.15. The molecule has 0 amide bonds. The van der Waals surface area contributed by atoms with Gasteiger partial charge in [-0.2, -0.15) is 0 Å². The Morgan fingerprint density at radius 2 is 1.03 bits per heavy atom. The van der Waals surface area contributed by atoms with Crippen LogP contribution < -0.4 is 0 Å². The van der Waals surface area contributed by atoms with Gasteiger partial charge in [0.15, 0.2) is 0 Å². The molecule has 0 aromatic carbocycles. The van der Waals surface area contributed by atoms with Crippen LogP contribution in [0.2, 0.25) is 0 Å². The summed E-state index contributed by atoms with van der Waals surface area (Å²) in [6, 6.07) is 0. The summed E-state index contributed by atoms with van der Waals surface area (Å²) in [5, 5.41) is 8.92. The van der Waals surface area contributed by atoms with Gasteiger partial charge in [0.25, 0.3) is 0 Å². The van der Waals surface area contributed by atoms with Gasteiger partial charge in [0.05, 0.1) is 23.4 Å². The van der Waals surface area contributed by atoms with Gasteiger partial charge in [0.2, 0.25) is 0 Å². The van der Waals surface area contributed by atoms with E-state index in [2.05, 4.69) is 48.5 Å². The number of unbranched alkanes of at least 4 members (excludes halogenated alkanes) is 9. The van der Waals surface area contributed by atoms with E-state index in [0.717, 1.165) is 25.7 Å². The molecule has 0 aliphatic rings. The molecule has 0 rings (SSSR count). The minimum Gasteiger partial charge on any atom is -0.481 e. The maximum Gasteiger partial charge on any atom is 0.303 e. The summed E-state index contributed by atoms with van der Waals surface area (Å²) in [5.74, 6) is -0.722. The molecule has 0 bridgehead atoms. The van der Waals surface area contributed by atoms with Crippen molar-refractivity contribution in [2.75, 3.05) is 0 Å². The summed E-state index contributed by atoms with van der Waals surface area (Å²) in [5.41, 5.74) is -0.458. The van der Waals surface area contributed by atoms with Gasteiger partial charge in [-0.25, -0.2) is 0 Å². The molecule has 2 atom stereocenters. The molecule has 0 saturated carbocycles. The molecule has 0 fully saturated rings. The van der Waals surface area contributed by atoms with E-state index in [4.69, 9.17) is 14.6 Å². The van der Waals surface area contributed by atoms with E-state index in [1.165, 1.54) is 51.4 Å². The Morgan fingerprint density at radius 1 is 0.667 bits per heavy atom. The molecule has 0 radical (unpaired) electrons. The van der Waals surface area contributed by atoms with E-state index in [1.54, 1.807) is 0 Å². The monoisotopic (exact) mass is 428 g/mol. The molecule has 0 heterocycles. The van der Waals surface area contributed by atoms with Crippen molar-refractivity contribution in [2.24, 2.45) is 0 Å². The lowest BCUT2D eigenvalue weighted by Crippen LogP contribution is -2.41. The van der Waals surface area contributed by atoms with Crippen molar-refractivity contribution >= 4 is 5.97 Å². The Kier molecular flexibility index (Phi) is 15.8. The highest BCUT2D eigenvalue weighted by atomic mass is 16.6. The lowest BCUT2D eigenvalue weighted by molar-refractivity contribution is -0.167. The molecule has 0 saturated heterocycles. The van der Waals surface area contributed by atoms with Crippen molar-refractivity contribution in [3.05, 3.63) is 0 Å². The lowest BCUT2D eigenvalue weighted by Gasteiger charge is -2.37. The second-order valence-electron chi connectivity index (χ2n) is 10.8. The van der Waals surface area contributed by atoms with Gasteiger partial charge in [-0.1, -0.05) is 71.1 Å². The largest absolute Gasteiger partial charge is 0.481 e. The van der Waals surface area contributed by atoms with Gasteiger partial charge in [-0.15, -0.1) is 0 Å². The van der Waals surface area contributed by atoms with Crippen LogP contribution in [-0.2, 0) is 14.3 Å². The Morgan fingerprint density at radius 3 is 1.40 bits per heavy atom. The summed E-state index contributed by atoms with van der Waals surface area (Å²) < 4.78 is 12.9. The molecule has 180 valence electrons. The van der Waals surface area contributed by atoms with Gasteiger partial charge in [-0.05, 0) is 60.8 Å².